The van der Waals surface area contributed by atoms with Crippen molar-refractivity contribution in [2.75, 3.05) is 9.80 Å². The SMILES string of the molecule is CC1(C)C2=CC(C=Cc3ccc4c(c3)C(C)(C)c3cc(N5c6ccccc6Oc6ccccc65)ccc3-4)=CCC2C2=C1C=C(N1c3ccccc3[Si]3(CCCC3)c3ccccc31)CC2. The molecule has 4 aliphatic carbocycles. The van der Waals surface area contributed by atoms with E-state index >= 15 is 0 Å². The first-order chi connectivity index (χ1) is 31.2. The Morgan fingerprint density at radius 3 is 1.89 bits per heavy atom. The van der Waals surface area contributed by atoms with Crippen LogP contribution < -0.4 is 24.9 Å². The molecule has 0 aromatic heterocycles. The van der Waals surface area contributed by atoms with Crippen LogP contribution in [0.25, 0.3) is 17.2 Å². The number of anilines is 5. The van der Waals surface area contributed by atoms with Gasteiger partial charge in [0.15, 0.2) is 11.5 Å². The van der Waals surface area contributed by atoms with E-state index in [1.807, 2.05) is 12.1 Å². The number of para-hydroxylation sites is 6. The Hall–Kier alpha value is -6.36. The molecule has 1 spiro atoms. The zero-order valence-electron chi connectivity index (χ0n) is 37.4. The highest BCUT2D eigenvalue weighted by atomic mass is 28.3. The Bertz CT molecular complexity index is 3050. The molecule has 1 atom stereocenters. The Morgan fingerprint density at radius 2 is 1.20 bits per heavy atom. The summed E-state index contributed by atoms with van der Waals surface area (Å²) < 4.78 is 6.34. The van der Waals surface area contributed by atoms with Crippen LogP contribution >= 0.6 is 0 Å². The third kappa shape index (κ3) is 5.38. The lowest BCUT2D eigenvalue weighted by atomic mass is 9.76. The molecule has 3 heterocycles. The number of nitrogens with zero attached hydrogens (tertiary/aromatic N) is 2. The fourth-order valence-corrected chi connectivity index (χ4v) is 18.7. The molecule has 13 rings (SSSR count). The lowest BCUT2D eigenvalue weighted by Crippen LogP contribution is -2.61. The van der Waals surface area contributed by atoms with Gasteiger partial charge in [0, 0.05) is 39.5 Å². The average Bonchev–Trinajstić information content (AvgIpc) is 3.97. The van der Waals surface area contributed by atoms with Gasteiger partial charge in [-0.2, -0.15) is 0 Å². The maximum absolute atomic E-state index is 6.34. The molecule has 1 unspecified atom stereocenters. The summed E-state index contributed by atoms with van der Waals surface area (Å²) in [5, 5.41) is 3.34. The van der Waals surface area contributed by atoms with Crippen LogP contribution in [0.1, 0.15) is 76.5 Å². The van der Waals surface area contributed by atoms with E-state index in [4.69, 9.17) is 4.74 Å². The van der Waals surface area contributed by atoms with Gasteiger partial charge < -0.3 is 14.5 Å². The van der Waals surface area contributed by atoms with E-state index in [2.05, 4.69) is 189 Å². The van der Waals surface area contributed by atoms with Crippen molar-refractivity contribution in [3.05, 3.63) is 202 Å². The quantitative estimate of drug-likeness (QED) is 0.164. The maximum Gasteiger partial charge on any atom is 0.151 e. The van der Waals surface area contributed by atoms with Gasteiger partial charge in [-0.25, -0.2) is 0 Å². The fraction of sp³-hybridized carbons (Fsp3) is 0.233. The topological polar surface area (TPSA) is 15.7 Å². The molecule has 0 bridgehead atoms. The number of allylic oxidation sites excluding steroid dienone is 9. The molecule has 0 N–H and O–H groups in total. The highest BCUT2D eigenvalue weighted by molar-refractivity contribution is 7.05. The summed E-state index contributed by atoms with van der Waals surface area (Å²) in [6, 6.07) is 52.6. The van der Waals surface area contributed by atoms with E-state index < -0.39 is 8.07 Å². The predicted molar refractivity (Wildman–Crippen MR) is 269 cm³/mol. The molecular weight excluding hydrogens is 793 g/mol. The van der Waals surface area contributed by atoms with Crippen LogP contribution in [0, 0.1) is 11.3 Å². The largest absolute Gasteiger partial charge is 0.453 e. The number of hydrogen-bond acceptors (Lipinski definition) is 3. The van der Waals surface area contributed by atoms with Crippen LogP contribution in [0.5, 0.6) is 11.5 Å². The standard InChI is InChI=1S/C60H54N2OSi/c1-59(2)47-35-39(25-29-43(47)45-31-27-41(37-49(45)59)61-51-15-5-9-19-55(51)63-56-20-10-6-16-52(56)61)23-24-40-26-30-44-46-32-28-42(38-50(46)60(3,4)48(44)36-40)62-53-17-7-11-21-57(53)64(33-13-14-34-64)58-22-12-8-18-54(58)62/h5-12,15-27,29,31,35-38,44H,13-14,28,30,32-34H2,1-4H3. The van der Waals surface area contributed by atoms with E-state index in [1.54, 1.807) is 27.1 Å². The third-order valence-corrected chi connectivity index (χ3v) is 21.6. The van der Waals surface area contributed by atoms with E-state index in [1.165, 1.54) is 75.4 Å². The molecule has 3 nitrogen and oxygen atoms in total. The minimum atomic E-state index is -1.75. The molecule has 4 heteroatoms. The van der Waals surface area contributed by atoms with Gasteiger partial charge in [0.05, 0.1) is 11.4 Å². The lowest BCUT2D eigenvalue weighted by molar-refractivity contribution is 0.477. The first-order valence-electron chi connectivity index (χ1n) is 23.7. The smallest absolute Gasteiger partial charge is 0.151 e. The van der Waals surface area contributed by atoms with E-state index in [0.29, 0.717) is 5.92 Å². The molecule has 3 aliphatic heterocycles. The summed E-state index contributed by atoms with van der Waals surface area (Å²) in [5.74, 6) is 2.25. The van der Waals surface area contributed by atoms with Gasteiger partial charge in [0.1, 0.15) is 8.07 Å². The molecule has 6 aromatic carbocycles. The molecule has 0 amide bonds. The lowest BCUT2D eigenvalue weighted by Gasteiger charge is -2.44. The predicted octanol–water partition coefficient (Wildman–Crippen LogP) is 15.0. The molecule has 7 aliphatic rings. The van der Waals surface area contributed by atoms with E-state index in [9.17, 15) is 0 Å². The van der Waals surface area contributed by atoms with E-state index in [-0.39, 0.29) is 10.8 Å². The molecule has 1 saturated heterocycles. The van der Waals surface area contributed by atoms with Gasteiger partial charge in [-0.3, -0.25) is 0 Å². The van der Waals surface area contributed by atoms with Crippen molar-refractivity contribution in [2.45, 2.75) is 77.3 Å². The van der Waals surface area contributed by atoms with Gasteiger partial charge in [0.2, 0.25) is 0 Å². The van der Waals surface area contributed by atoms with Crippen LogP contribution in [0.4, 0.5) is 28.4 Å². The zero-order chi connectivity index (χ0) is 43.0. The van der Waals surface area contributed by atoms with Gasteiger partial charge in [-0.15, -0.1) is 0 Å². The average molecular weight is 847 g/mol. The molecular formula is C60H54N2OSi. The summed E-state index contributed by atoms with van der Waals surface area (Å²) >= 11 is 0. The number of fused-ring (bicyclic) bond motifs is 11. The van der Waals surface area contributed by atoms with Crippen molar-refractivity contribution in [1.29, 1.82) is 0 Å². The van der Waals surface area contributed by atoms with E-state index in [0.717, 1.165) is 47.8 Å². The minimum Gasteiger partial charge on any atom is -0.453 e. The molecule has 6 aromatic rings. The summed E-state index contributed by atoms with van der Waals surface area (Å²) in [5.41, 5.74) is 20.3. The zero-order valence-corrected chi connectivity index (χ0v) is 38.4. The maximum atomic E-state index is 6.34. The summed E-state index contributed by atoms with van der Waals surface area (Å²) in [6.07, 6.45) is 18.4. The normalized spacial score (nSPS) is 21.1. The molecule has 1 fully saturated rings. The van der Waals surface area contributed by atoms with Crippen LogP contribution in [0.15, 0.2) is 186 Å². The second kappa shape index (κ2) is 13.8. The van der Waals surface area contributed by atoms with Crippen molar-refractivity contribution in [3.63, 3.8) is 0 Å². The first kappa shape index (κ1) is 38.1. The monoisotopic (exact) mass is 846 g/mol. The number of rotatable bonds is 4. The Labute approximate surface area is 379 Å². The Morgan fingerprint density at radius 1 is 0.594 bits per heavy atom. The fourth-order valence-electron chi connectivity index (χ4n) is 13.2. The minimum absolute atomic E-state index is 0.0249. The number of ether oxygens (including phenoxy) is 1. The first-order valence-corrected chi connectivity index (χ1v) is 26.1. The molecule has 314 valence electrons. The van der Waals surface area contributed by atoms with Crippen molar-refractivity contribution in [3.8, 4) is 22.6 Å². The van der Waals surface area contributed by atoms with Crippen molar-refractivity contribution >= 4 is 53.0 Å². The summed E-state index contributed by atoms with van der Waals surface area (Å²) in [7, 11) is -1.75. The molecule has 64 heavy (non-hydrogen) atoms. The van der Waals surface area contributed by atoms with Gasteiger partial charge in [-0.1, -0.05) is 161 Å². The van der Waals surface area contributed by atoms with Crippen LogP contribution in [-0.4, -0.2) is 8.07 Å². The third-order valence-electron chi connectivity index (χ3n) is 16.3. The highest BCUT2D eigenvalue weighted by Crippen LogP contribution is 2.58. The number of hydrogen-bond donors (Lipinski definition) is 0. The van der Waals surface area contributed by atoms with Crippen molar-refractivity contribution in [1.82, 2.24) is 0 Å². The van der Waals surface area contributed by atoms with Crippen LogP contribution in [-0.2, 0) is 5.41 Å². The summed E-state index contributed by atoms with van der Waals surface area (Å²) in [4.78, 5) is 5.03. The molecule has 0 radical (unpaired) electrons. The second-order valence-electron chi connectivity index (χ2n) is 20.3. The van der Waals surface area contributed by atoms with Crippen LogP contribution in [0.2, 0.25) is 12.1 Å². The Balaban J connectivity index is 0.784. The van der Waals surface area contributed by atoms with Gasteiger partial charge in [-0.05, 0) is 135 Å². The van der Waals surface area contributed by atoms with Crippen molar-refractivity contribution < 1.29 is 4.74 Å². The Kier molecular flexibility index (Phi) is 8.23. The summed E-state index contributed by atoms with van der Waals surface area (Å²) in [6.45, 7) is 9.75. The number of benzene rings is 6. The van der Waals surface area contributed by atoms with Gasteiger partial charge in [0.25, 0.3) is 0 Å². The van der Waals surface area contributed by atoms with Crippen molar-refractivity contribution in [2.24, 2.45) is 11.3 Å². The van der Waals surface area contributed by atoms with Gasteiger partial charge >= 0.3 is 0 Å². The van der Waals surface area contributed by atoms with Crippen LogP contribution in [0.3, 0.4) is 0 Å². The molecule has 0 saturated carbocycles. The second-order valence-corrected chi connectivity index (χ2v) is 24.6. The highest BCUT2D eigenvalue weighted by Gasteiger charge is 2.49.